The van der Waals surface area contributed by atoms with Gasteiger partial charge in [-0.05, 0) is 37.5 Å². The first-order valence-electron chi connectivity index (χ1n) is 8.17. The van der Waals surface area contributed by atoms with E-state index in [0.717, 1.165) is 55.9 Å². The second-order valence-corrected chi connectivity index (χ2v) is 7.04. The second kappa shape index (κ2) is 6.47. The molecule has 2 fully saturated rings. The third-order valence-corrected chi connectivity index (χ3v) is 5.13. The van der Waals surface area contributed by atoms with Gasteiger partial charge in [0.2, 0.25) is 5.91 Å². The molecule has 1 aliphatic carbocycles. The summed E-state index contributed by atoms with van der Waals surface area (Å²) in [5.41, 5.74) is 6.77. The monoisotopic (exact) mass is 321 g/mol. The highest BCUT2D eigenvalue weighted by atomic mass is 35.5. The van der Waals surface area contributed by atoms with Crippen LogP contribution in [0, 0.1) is 0 Å². The van der Waals surface area contributed by atoms with E-state index in [-0.39, 0.29) is 11.9 Å². The van der Waals surface area contributed by atoms with Crippen LogP contribution in [-0.4, -0.2) is 30.6 Å². The summed E-state index contributed by atoms with van der Waals surface area (Å²) < 4.78 is 0. The topological polar surface area (TPSA) is 58.4 Å². The Balaban J connectivity index is 1.58. The first-order chi connectivity index (χ1) is 10.6. The molecule has 5 heteroatoms. The maximum absolute atomic E-state index is 12.5. The van der Waals surface area contributed by atoms with Crippen molar-refractivity contribution in [2.24, 2.45) is 5.73 Å². The van der Waals surface area contributed by atoms with Crippen molar-refractivity contribution < 1.29 is 4.79 Å². The molecule has 1 amide bonds. The van der Waals surface area contributed by atoms with E-state index in [9.17, 15) is 4.79 Å². The quantitative estimate of drug-likeness (QED) is 0.900. The Kier molecular flexibility index (Phi) is 4.59. The molecule has 1 aromatic rings. The van der Waals surface area contributed by atoms with Crippen molar-refractivity contribution in [1.29, 1.82) is 0 Å². The number of nitrogens with two attached hydrogens (primary N) is 1. The molecule has 120 valence electrons. The fourth-order valence-corrected chi connectivity index (χ4v) is 3.71. The summed E-state index contributed by atoms with van der Waals surface area (Å²) in [5, 5.41) is 3.91. The number of rotatable bonds is 3. The van der Waals surface area contributed by atoms with Gasteiger partial charge in [-0.1, -0.05) is 36.9 Å². The lowest BCUT2D eigenvalue weighted by atomic mass is 9.82. The molecule has 1 saturated carbocycles. The number of anilines is 1. The molecule has 1 atom stereocenters. The largest absolute Gasteiger partial charge is 0.369 e. The van der Waals surface area contributed by atoms with Crippen LogP contribution in [0.4, 0.5) is 5.69 Å². The molecule has 4 nitrogen and oxygen atoms in total. The number of carbonyl (C=O) groups is 1. The van der Waals surface area contributed by atoms with Crippen molar-refractivity contribution in [1.82, 2.24) is 5.32 Å². The SMILES string of the molecule is NC1(C(=O)NC2CCN(c3cccc(Cl)c3)C2)CCCCC1. The molecule has 3 rings (SSSR count). The van der Waals surface area contributed by atoms with E-state index in [1.54, 1.807) is 0 Å². The predicted molar refractivity (Wildman–Crippen MR) is 90.2 cm³/mol. The van der Waals surface area contributed by atoms with Gasteiger partial charge in [-0.25, -0.2) is 0 Å². The molecule has 1 aromatic carbocycles. The van der Waals surface area contributed by atoms with Crippen molar-refractivity contribution in [3.05, 3.63) is 29.3 Å². The van der Waals surface area contributed by atoms with Gasteiger partial charge in [0.05, 0.1) is 5.54 Å². The second-order valence-electron chi connectivity index (χ2n) is 6.60. The van der Waals surface area contributed by atoms with Crippen molar-refractivity contribution >= 4 is 23.2 Å². The average Bonchev–Trinajstić information content (AvgIpc) is 2.96. The van der Waals surface area contributed by atoms with Gasteiger partial charge in [0.15, 0.2) is 0 Å². The number of hydrogen-bond acceptors (Lipinski definition) is 3. The summed E-state index contributed by atoms with van der Waals surface area (Å²) >= 11 is 6.05. The highest BCUT2D eigenvalue weighted by molar-refractivity contribution is 6.30. The number of nitrogens with zero attached hydrogens (tertiary/aromatic N) is 1. The Hall–Kier alpha value is -1.26. The molecule has 1 aliphatic heterocycles. The maximum atomic E-state index is 12.5. The van der Waals surface area contributed by atoms with Gasteiger partial charge in [-0.15, -0.1) is 0 Å². The normalized spacial score (nSPS) is 24.3. The third kappa shape index (κ3) is 3.39. The molecular formula is C17H24ClN3O. The Morgan fingerprint density at radius 3 is 2.82 bits per heavy atom. The predicted octanol–water partition coefficient (Wildman–Crippen LogP) is 2.70. The minimum absolute atomic E-state index is 0.0325. The van der Waals surface area contributed by atoms with Gasteiger partial charge in [-0.2, -0.15) is 0 Å². The van der Waals surface area contributed by atoms with E-state index in [2.05, 4.69) is 16.3 Å². The van der Waals surface area contributed by atoms with Crippen LogP contribution < -0.4 is 16.0 Å². The van der Waals surface area contributed by atoms with Crippen LogP contribution in [0.5, 0.6) is 0 Å². The van der Waals surface area contributed by atoms with Crippen molar-refractivity contribution in [2.75, 3.05) is 18.0 Å². The smallest absolute Gasteiger partial charge is 0.240 e. The van der Waals surface area contributed by atoms with Gasteiger partial charge in [0.1, 0.15) is 0 Å². The highest BCUT2D eigenvalue weighted by Crippen LogP contribution is 2.27. The van der Waals surface area contributed by atoms with Gasteiger partial charge in [0, 0.05) is 29.8 Å². The van der Waals surface area contributed by atoms with Crippen LogP contribution in [0.3, 0.4) is 0 Å². The molecule has 2 aliphatic rings. The molecule has 22 heavy (non-hydrogen) atoms. The van der Waals surface area contributed by atoms with Gasteiger partial charge in [-0.3, -0.25) is 4.79 Å². The molecule has 1 unspecified atom stereocenters. The van der Waals surface area contributed by atoms with Crippen LogP contribution in [0.15, 0.2) is 24.3 Å². The van der Waals surface area contributed by atoms with Crippen LogP contribution in [0.2, 0.25) is 5.02 Å². The van der Waals surface area contributed by atoms with Crippen LogP contribution in [-0.2, 0) is 4.79 Å². The summed E-state index contributed by atoms with van der Waals surface area (Å²) in [6, 6.07) is 8.04. The number of nitrogens with one attached hydrogen (secondary N) is 1. The number of carbonyl (C=O) groups excluding carboxylic acids is 1. The Bertz CT molecular complexity index is 542. The lowest BCUT2D eigenvalue weighted by Crippen LogP contribution is -2.57. The van der Waals surface area contributed by atoms with Gasteiger partial charge in [0.25, 0.3) is 0 Å². The van der Waals surface area contributed by atoms with Crippen LogP contribution in [0.25, 0.3) is 0 Å². The number of halogens is 1. The van der Waals surface area contributed by atoms with Crippen molar-refractivity contribution in [3.8, 4) is 0 Å². The number of amides is 1. The number of hydrogen-bond donors (Lipinski definition) is 2. The average molecular weight is 322 g/mol. The molecule has 3 N–H and O–H groups in total. The molecular weight excluding hydrogens is 298 g/mol. The fourth-order valence-electron chi connectivity index (χ4n) is 3.52. The van der Waals surface area contributed by atoms with E-state index in [4.69, 9.17) is 17.3 Å². The third-order valence-electron chi connectivity index (χ3n) is 4.89. The lowest BCUT2D eigenvalue weighted by molar-refractivity contribution is -0.128. The van der Waals surface area contributed by atoms with E-state index in [1.807, 2.05) is 18.2 Å². The lowest BCUT2D eigenvalue weighted by Gasteiger charge is -2.33. The summed E-state index contributed by atoms with van der Waals surface area (Å²) in [7, 11) is 0. The zero-order chi connectivity index (χ0) is 15.6. The molecule has 0 spiro atoms. The molecule has 0 radical (unpaired) electrons. The summed E-state index contributed by atoms with van der Waals surface area (Å²) in [6.07, 6.45) is 5.88. The maximum Gasteiger partial charge on any atom is 0.240 e. The summed E-state index contributed by atoms with van der Waals surface area (Å²) in [6.45, 7) is 1.75. The van der Waals surface area contributed by atoms with Gasteiger partial charge >= 0.3 is 0 Å². The van der Waals surface area contributed by atoms with Crippen LogP contribution >= 0.6 is 11.6 Å². The Labute approximate surface area is 137 Å². The molecule has 0 aromatic heterocycles. The zero-order valence-corrected chi connectivity index (χ0v) is 13.6. The van der Waals surface area contributed by atoms with E-state index >= 15 is 0 Å². The Morgan fingerprint density at radius 2 is 2.09 bits per heavy atom. The van der Waals surface area contributed by atoms with E-state index in [1.165, 1.54) is 6.42 Å². The Morgan fingerprint density at radius 1 is 1.32 bits per heavy atom. The van der Waals surface area contributed by atoms with Crippen LogP contribution in [0.1, 0.15) is 38.5 Å². The number of benzene rings is 1. The summed E-state index contributed by atoms with van der Waals surface area (Å²) in [4.78, 5) is 14.8. The molecule has 1 heterocycles. The van der Waals surface area contributed by atoms with E-state index in [0.29, 0.717) is 0 Å². The van der Waals surface area contributed by atoms with Crippen molar-refractivity contribution in [2.45, 2.75) is 50.1 Å². The molecule has 0 bridgehead atoms. The van der Waals surface area contributed by atoms with Gasteiger partial charge < -0.3 is 16.0 Å². The minimum Gasteiger partial charge on any atom is -0.369 e. The highest BCUT2D eigenvalue weighted by Gasteiger charge is 2.37. The minimum atomic E-state index is -0.651. The summed E-state index contributed by atoms with van der Waals surface area (Å²) in [5.74, 6) is 0.0325. The van der Waals surface area contributed by atoms with Crippen molar-refractivity contribution in [3.63, 3.8) is 0 Å². The first-order valence-corrected chi connectivity index (χ1v) is 8.55. The first kappa shape index (κ1) is 15.6. The zero-order valence-electron chi connectivity index (χ0n) is 12.9. The molecule has 1 saturated heterocycles. The van der Waals surface area contributed by atoms with E-state index < -0.39 is 5.54 Å². The fraction of sp³-hybridized carbons (Fsp3) is 0.588. The standard InChI is InChI=1S/C17H24ClN3O/c18-13-5-4-6-15(11-13)21-10-7-14(12-21)20-16(22)17(19)8-2-1-3-9-17/h4-6,11,14H,1-3,7-10,12,19H2,(H,20,22).